The van der Waals surface area contributed by atoms with Gasteiger partial charge in [-0.05, 0) is 24.5 Å². The fourth-order valence-electron chi connectivity index (χ4n) is 4.50. The van der Waals surface area contributed by atoms with Crippen molar-refractivity contribution in [2.75, 3.05) is 38.3 Å². The maximum atomic E-state index is 6.03. The second-order valence-corrected chi connectivity index (χ2v) is 7.13. The van der Waals surface area contributed by atoms with Gasteiger partial charge in [0, 0.05) is 37.0 Å². The fraction of sp³-hybridized carbons (Fsp3) is 0.450. The van der Waals surface area contributed by atoms with Gasteiger partial charge in [-0.2, -0.15) is 0 Å². The number of hydrogen-bond acceptors (Lipinski definition) is 5. The number of benzene rings is 1. The fourth-order valence-corrected chi connectivity index (χ4v) is 4.50. The number of aromatic nitrogens is 1. The summed E-state index contributed by atoms with van der Waals surface area (Å²) in [6.07, 6.45) is 4.43. The average molecular weight is 338 g/mol. The van der Waals surface area contributed by atoms with Crippen molar-refractivity contribution in [2.24, 2.45) is 0 Å². The number of methoxy groups -OCH3 is 1. The molecule has 0 saturated carbocycles. The number of fused-ring (bicyclic) bond motifs is 4. The molecule has 1 spiro atoms. The van der Waals surface area contributed by atoms with Crippen LogP contribution in [0.3, 0.4) is 0 Å². The molecule has 0 radical (unpaired) electrons. The van der Waals surface area contributed by atoms with E-state index in [0.29, 0.717) is 18.6 Å². The third-order valence-corrected chi connectivity index (χ3v) is 5.71. The van der Waals surface area contributed by atoms with Gasteiger partial charge in [0.05, 0.1) is 24.8 Å². The van der Waals surface area contributed by atoms with Crippen molar-refractivity contribution in [1.82, 2.24) is 4.98 Å². The Morgan fingerprint density at radius 1 is 1.32 bits per heavy atom. The Morgan fingerprint density at radius 3 is 3.08 bits per heavy atom. The first kappa shape index (κ1) is 15.0. The second-order valence-electron chi connectivity index (χ2n) is 7.13. The van der Waals surface area contributed by atoms with E-state index in [0.717, 1.165) is 31.9 Å². The molecule has 0 bridgehead atoms. The number of nitrogens with zero attached hydrogens (tertiary/aromatic N) is 2. The van der Waals surface area contributed by atoms with Crippen LogP contribution in [0.1, 0.15) is 24.0 Å². The normalized spacial score (nSPS) is 26.6. The van der Waals surface area contributed by atoms with Crippen molar-refractivity contribution in [2.45, 2.75) is 24.4 Å². The molecule has 1 unspecified atom stereocenters. The predicted octanol–water partition coefficient (Wildman–Crippen LogP) is 2.77. The van der Waals surface area contributed by atoms with Crippen LogP contribution in [0.25, 0.3) is 0 Å². The van der Waals surface area contributed by atoms with E-state index in [1.54, 1.807) is 13.3 Å². The SMILES string of the molecule is COc1cc2c(cn1)OCC21CN(C[C@H]2CCCO2)c2ccccc21. The van der Waals surface area contributed by atoms with Crippen LogP contribution in [0.5, 0.6) is 11.6 Å². The maximum Gasteiger partial charge on any atom is 0.213 e. The Bertz CT molecular complexity index is 803. The van der Waals surface area contributed by atoms with Crippen LogP contribution in [0, 0.1) is 0 Å². The van der Waals surface area contributed by atoms with Gasteiger partial charge in [0.1, 0.15) is 12.4 Å². The van der Waals surface area contributed by atoms with E-state index in [1.165, 1.54) is 23.2 Å². The Hall–Kier alpha value is -2.27. The minimum absolute atomic E-state index is 0.152. The summed E-state index contributed by atoms with van der Waals surface area (Å²) < 4.78 is 17.3. The molecule has 5 nitrogen and oxygen atoms in total. The van der Waals surface area contributed by atoms with E-state index in [-0.39, 0.29) is 5.41 Å². The highest BCUT2D eigenvalue weighted by molar-refractivity contribution is 5.69. The summed E-state index contributed by atoms with van der Waals surface area (Å²) in [6.45, 7) is 3.39. The highest BCUT2D eigenvalue weighted by Crippen LogP contribution is 2.51. The van der Waals surface area contributed by atoms with Gasteiger partial charge in [-0.15, -0.1) is 0 Å². The average Bonchev–Trinajstić information content (AvgIpc) is 3.36. The molecule has 2 atom stereocenters. The summed E-state index contributed by atoms with van der Waals surface area (Å²) in [7, 11) is 1.66. The summed E-state index contributed by atoms with van der Waals surface area (Å²) >= 11 is 0. The highest BCUT2D eigenvalue weighted by Gasteiger charge is 2.50. The molecule has 0 N–H and O–H groups in total. The highest BCUT2D eigenvalue weighted by atomic mass is 16.5. The topological polar surface area (TPSA) is 43.8 Å². The van der Waals surface area contributed by atoms with E-state index in [9.17, 15) is 0 Å². The third-order valence-electron chi connectivity index (χ3n) is 5.71. The van der Waals surface area contributed by atoms with Gasteiger partial charge in [0.25, 0.3) is 0 Å². The predicted molar refractivity (Wildman–Crippen MR) is 94.7 cm³/mol. The largest absolute Gasteiger partial charge is 0.490 e. The first-order chi connectivity index (χ1) is 12.3. The molecule has 130 valence electrons. The Morgan fingerprint density at radius 2 is 2.24 bits per heavy atom. The lowest BCUT2D eigenvalue weighted by Crippen LogP contribution is -2.39. The van der Waals surface area contributed by atoms with Gasteiger partial charge < -0.3 is 19.1 Å². The van der Waals surface area contributed by atoms with Crippen LogP contribution in [0.15, 0.2) is 36.5 Å². The van der Waals surface area contributed by atoms with Gasteiger partial charge in [0.2, 0.25) is 5.88 Å². The van der Waals surface area contributed by atoms with E-state index < -0.39 is 0 Å². The van der Waals surface area contributed by atoms with Gasteiger partial charge in [-0.25, -0.2) is 4.98 Å². The zero-order valence-corrected chi connectivity index (χ0v) is 14.4. The molecule has 1 saturated heterocycles. The van der Waals surface area contributed by atoms with Crippen molar-refractivity contribution in [3.05, 3.63) is 47.7 Å². The van der Waals surface area contributed by atoms with E-state index in [1.807, 2.05) is 6.07 Å². The summed E-state index contributed by atoms with van der Waals surface area (Å²) in [6, 6.07) is 10.7. The second kappa shape index (κ2) is 5.63. The maximum absolute atomic E-state index is 6.03. The summed E-state index contributed by atoms with van der Waals surface area (Å²) in [5, 5.41) is 0. The minimum Gasteiger partial charge on any atom is -0.490 e. The van der Waals surface area contributed by atoms with Crippen molar-refractivity contribution in [3.8, 4) is 11.6 Å². The van der Waals surface area contributed by atoms with Gasteiger partial charge in [-0.1, -0.05) is 18.2 Å². The van der Waals surface area contributed by atoms with Gasteiger partial charge in [-0.3, -0.25) is 0 Å². The molecule has 5 rings (SSSR count). The molecule has 3 aliphatic rings. The van der Waals surface area contributed by atoms with Crippen molar-refractivity contribution < 1.29 is 14.2 Å². The molecule has 1 aromatic heterocycles. The summed E-state index contributed by atoms with van der Waals surface area (Å²) in [5.41, 5.74) is 3.66. The molecule has 2 aromatic rings. The zero-order chi connectivity index (χ0) is 16.9. The Kier molecular flexibility index (Phi) is 3.38. The number of para-hydroxylation sites is 1. The molecule has 0 amide bonds. The molecular weight excluding hydrogens is 316 g/mol. The molecule has 1 fully saturated rings. The molecule has 1 aromatic carbocycles. The van der Waals surface area contributed by atoms with Gasteiger partial charge >= 0.3 is 0 Å². The van der Waals surface area contributed by atoms with E-state index in [4.69, 9.17) is 14.2 Å². The van der Waals surface area contributed by atoms with Crippen LogP contribution in [-0.4, -0.2) is 44.5 Å². The molecule has 4 heterocycles. The Labute approximate surface area is 147 Å². The lowest BCUT2D eigenvalue weighted by atomic mass is 9.78. The molecular formula is C20H22N2O3. The van der Waals surface area contributed by atoms with E-state index >= 15 is 0 Å². The van der Waals surface area contributed by atoms with Crippen LogP contribution in [0.2, 0.25) is 0 Å². The molecule has 25 heavy (non-hydrogen) atoms. The first-order valence-electron chi connectivity index (χ1n) is 8.93. The zero-order valence-electron chi connectivity index (χ0n) is 14.4. The minimum atomic E-state index is -0.152. The number of anilines is 1. The number of hydrogen-bond donors (Lipinski definition) is 0. The van der Waals surface area contributed by atoms with Crippen LogP contribution in [0.4, 0.5) is 5.69 Å². The molecule has 0 aliphatic carbocycles. The standard InChI is InChI=1S/C20H22N2O3/c1-23-19-9-16-18(10-21-19)25-13-20(16)12-22(11-14-5-4-8-24-14)17-7-3-2-6-15(17)20/h2-3,6-7,9-10,14H,4-5,8,11-13H2,1H3/t14-,20?/m1/s1. The third kappa shape index (κ3) is 2.22. The summed E-state index contributed by atoms with van der Waals surface area (Å²) in [4.78, 5) is 6.77. The monoisotopic (exact) mass is 338 g/mol. The number of rotatable bonds is 3. The lowest BCUT2D eigenvalue weighted by molar-refractivity contribution is 0.115. The smallest absolute Gasteiger partial charge is 0.213 e. The lowest BCUT2D eigenvalue weighted by Gasteiger charge is -2.26. The molecule has 3 aliphatic heterocycles. The van der Waals surface area contributed by atoms with Crippen molar-refractivity contribution in [1.29, 1.82) is 0 Å². The Balaban J connectivity index is 1.57. The van der Waals surface area contributed by atoms with Crippen LogP contribution >= 0.6 is 0 Å². The first-order valence-corrected chi connectivity index (χ1v) is 8.93. The van der Waals surface area contributed by atoms with Crippen LogP contribution < -0.4 is 14.4 Å². The van der Waals surface area contributed by atoms with E-state index in [2.05, 4.69) is 34.1 Å². The number of pyridine rings is 1. The quantitative estimate of drug-likeness (QED) is 0.861. The van der Waals surface area contributed by atoms with Crippen molar-refractivity contribution >= 4 is 5.69 Å². The number of ether oxygens (including phenoxy) is 3. The van der Waals surface area contributed by atoms with Crippen molar-refractivity contribution in [3.63, 3.8) is 0 Å². The van der Waals surface area contributed by atoms with Gasteiger partial charge in [0.15, 0.2) is 0 Å². The molecule has 5 heteroatoms. The summed E-state index contributed by atoms with van der Waals surface area (Å²) in [5.74, 6) is 1.51. The van der Waals surface area contributed by atoms with Crippen LogP contribution in [-0.2, 0) is 10.2 Å².